The summed E-state index contributed by atoms with van der Waals surface area (Å²) in [7, 11) is 0. The Bertz CT molecular complexity index is 444. The molecule has 1 aliphatic rings. The zero-order valence-electron chi connectivity index (χ0n) is 11.9. The number of aromatic hydroxyl groups is 1. The highest BCUT2D eigenvalue weighted by Crippen LogP contribution is 2.30. The van der Waals surface area contributed by atoms with Crippen molar-refractivity contribution in [3.8, 4) is 5.75 Å². The van der Waals surface area contributed by atoms with Gasteiger partial charge in [0.1, 0.15) is 5.75 Å². The lowest BCUT2D eigenvalue weighted by Gasteiger charge is -2.30. The van der Waals surface area contributed by atoms with Crippen LogP contribution in [0.5, 0.6) is 5.75 Å². The summed E-state index contributed by atoms with van der Waals surface area (Å²) in [6, 6.07) is 7.29. The van der Waals surface area contributed by atoms with Gasteiger partial charge in [-0.1, -0.05) is 25.0 Å². The molecule has 0 saturated heterocycles. The van der Waals surface area contributed by atoms with E-state index < -0.39 is 5.97 Å². The zero-order chi connectivity index (χ0) is 14.5. The van der Waals surface area contributed by atoms with Crippen LogP contribution in [0.4, 0.5) is 0 Å². The van der Waals surface area contributed by atoms with Crippen LogP contribution in [0.1, 0.15) is 44.2 Å². The Kier molecular flexibility index (Phi) is 5.01. The molecular formula is C16H23NO3. The number of carboxylic acid groups (broad SMARTS) is 1. The first-order chi connectivity index (χ1) is 9.58. The number of phenols is 1. The van der Waals surface area contributed by atoms with Crippen LogP contribution >= 0.6 is 0 Å². The topological polar surface area (TPSA) is 69.6 Å². The van der Waals surface area contributed by atoms with E-state index in [1.165, 1.54) is 0 Å². The highest BCUT2D eigenvalue weighted by Gasteiger charge is 2.30. The fourth-order valence-electron chi connectivity index (χ4n) is 2.99. The fraction of sp³-hybridized carbons (Fsp3) is 0.562. The van der Waals surface area contributed by atoms with Gasteiger partial charge in [-0.05, 0) is 49.9 Å². The van der Waals surface area contributed by atoms with Crippen LogP contribution in [-0.2, 0) is 4.79 Å². The predicted molar refractivity (Wildman–Crippen MR) is 77.6 cm³/mol. The van der Waals surface area contributed by atoms with Gasteiger partial charge in [-0.3, -0.25) is 4.79 Å². The van der Waals surface area contributed by atoms with Crippen LogP contribution in [0.2, 0.25) is 0 Å². The van der Waals surface area contributed by atoms with E-state index in [1.54, 1.807) is 12.1 Å². The third kappa shape index (κ3) is 3.73. The number of benzene rings is 1. The average molecular weight is 277 g/mol. The van der Waals surface area contributed by atoms with E-state index in [1.807, 2.05) is 12.1 Å². The Morgan fingerprint density at radius 1 is 1.30 bits per heavy atom. The van der Waals surface area contributed by atoms with E-state index in [2.05, 4.69) is 12.2 Å². The lowest BCUT2D eigenvalue weighted by atomic mass is 9.79. The standard InChI is InChI=1S/C16H23NO3/c1-11(12-6-8-14(18)9-7-12)17-10-13-4-2-3-5-15(13)16(19)20/h6-9,11,13,15,17-18H,2-5,10H2,1H3,(H,19,20). The largest absolute Gasteiger partial charge is 0.508 e. The molecule has 4 nitrogen and oxygen atoms in total. The van der Waals surface area contributed by atoms with Crippen molar-refractivity contribution < 1.29 is 15.0 Å². The molecule has 1 aliphatic carbocycles. The molecule has 3 atom stereocenters. The van der Waals surface area contributed by atoms with Gasteiger partial charge in [-0.15, -0.1) is 0 Å². The molecule has 0 spiro atoms. The lowest BCUT2D eigenvalue weighted by molar-refractivity contribution is -0.144. The minimum absolute atomic E-state index is 0.159. The van der Waals surface area contributed by atoms with Crippen LogP contribution in [0, 0.1) is 11.8 Å². The molecule has 1 fully saturated rings. The first-order valence-electron chi connectivity index (χ1n) is 7.33. The Hall–Kier alpha value is -1.55. The summed E-state index contributed by atoms with van der Waals surface area (Å²) < 4.78 is 0. The Balaban J connectivity index is 1.90. The van der Waals surface area contributed by atoms with E-state index in [0.29, 0.717) is 0 Å². The molecule has 2 rings (SSSR count). The smallest absolute Gasteiger partial charge is 0.306 e. The monoisotopic (exact) mass is 277 g/mol. The maximum Gasteiger partial charge on any atom is 0.306 e. The molecule has 0 bridgehead atoms. The van der Waals surface area contributed by atoms with Crippen LogP contribution in [0.3, 0.4) is 0 Å². The molecule has 20 heavy (non-hydrogen) atoms. The van der Waals surface area contributed by atoms with Gasteiger partial charge in [0, 0.05) is 6.04 Å². The van der Waals surface area contributed by atoms with Crippen molar-refractivity contribution >= 4 is 5.97 Å². The van der Waals surface area contributed by atoms with Crippen molar-refractivity contribution in [2.24, 2.45) is 11.8 Å². The molecule has 110 valence electrons. The maximum absolute atomic E-state index is 11.3. The number of phenolic OH excluding ortho intramolecular Hbond substituents is 1. The van der Waals surface area contributed by atoms with Crippen LogP contribution < -0.4 is 5.32 Å². The summed E-state index contributed by atoms with van der Waals surface area (Å²) in [6.45, 7) is 2.80. The molecule has 0 amide bonds. The average Bonchev–Trinajstić information content (AvgIpc) is 2.45. The van der Waals surface area contributed by atoms with Gasteiger partial charge in [-0.2, -0.15) is 0 Å². The van der Waals surface area contributed by atoms with E-state index in [4.69, 9.17) is 0 Å². The number of carboxylic acids is 1. The molecule has 0 aliphatic heterocycles. The minimum Gasteiger partial charge on any atom is -0.508 e. The maximum atomic E-state index is 11.3. The Labute approximate surface area is 119 Å². The highest BCUT2D eigenvalue weighted by molar-refractivity contribution is 5.70. The van der Waals surface area contributed by atoms with Gasteiger partial charge >= 0.3 is 5.97 Å². The van der Waals surface area contributed by atoms with E-state index in [-0.39, 0.29) is 23.6 Å². The van der Waals surface area contributed by atoms with Crippen molar-refractivity contribution in [3.05, 3.63) is 29.8 Å². The van der Waals surface area contributed by atoms with Gasteiger partial charge in [0.05, 0.1) is 5.92 Å². The number of rotatable bonds is 5. The second-order valence-corrected chi connectivity index (χ2v) is 5.71. The third-order valence-electron chi connectivity index (χ3n) is 4.31. The van der Waals surface area contributed by atoms with Gasteiger partial charge in [0.25, 0.3) is 0 Å². The highest BCUT2D eigenvalue weighted by atomic mass is 16.4. The second-order valence-electron chi connectivity index (χ2n) is 5.71. The number of hydrogen-bond donors (Lipinski definition) is 3. The van der Waals surface area contributed by atoms with Gasteiger partial charge < -0.3 is 15.5 Å². The minimum atomic E-state index is -0.659. The van der Waals surface area contributed by atoms with Crippen molar-refractivity contribution in [3.63, 3.8) is 0 Å². The molecule has 3 N–H and O–H groups in total. The fourth-order valence-corrected chi connectivity index (χ4v) is 2.99. The molecule has 1 aromatic carbocycles. The van der Waals surface area contributed by atoms with Crippen LogP contribution in [0.15, 0.2) is 24.3 Å². The van der Waals surface area contributed by atoms with Crippen LogP contribution in [-0.4, -0.2) is 22.7 Å². The third-order valence-corrected chi connectivity index (χ3v) is 4.31. The summed E-state index contributed by atoms with van der Waals surface area (Å²) in [6.07, 6.45) is 3.95. The summed E-state index contributed by atoms with van der Waals surface area (Å²) in [5.41, 5.74) is 1.10. The SMILES string of the molecule is CC(NCC1CCCCC1C(=O)O)c1ccc(O)cc1. The van der Waals surface area contributed by atoms with Crippen molar-refractivity contribution in [2.75, 3.05) is 6.54 Å². The lowest BCUT2D eigenvalue weighted by Crippen LogP contribution is -2.35. The number of carbonyl (C=O) groups is 1. The molecule has 3 unspecified atom stereocenters. The summed E-state index contributed by atoms with van der Waals surface area (Å²) in [4.78, 5) is 11.3. The predicted octanol–water partition coefficient (Wildman–Crippen LogP) is 2.93. The Morgan fingerprint density at radius 3 is 2.60 bits per heavy atom. The first kappa shape index (κ1) is 14.9. The molecule has 0 radical (unpaired) electrons. The summed E-state index contributed by atoms with van der Waals surface area (Å²) in [5, 5.41) is 22.0. The van der Waals surface area contributed by atoms with E-state index in [0.717, 1.165) is 37.8 Å². The quantitative estimate of drug-likeness (QED) is 0.774. The normalized spacial score (nSPS) is 24.2. The van der Waals surface area contributed by atoms with Crippen molar-refractivity contribution in [1.82, 2.24) is 5.32 Å². The molecule has 1 saturated carbocycles. The molecule has 4 heteroatoms. The molecular weight excluding hydrogens is 254 g/mol. The molecule has 1 aromatic rings. The molecule has 0 heterocycles. The number of hydrogen-bond acceptors (Lipinski definition) is 3. The van der Waals surface area contributed by atoms with Gasteiger partial charge in [0.2, 0.25) is 0 Å². The van der Waals surface area contributed by atoms with E-state index in [9.17, 15) is 15.0 Å². The van der Waals surface area contributed by atoms with Gasteiger partial charge in [-0.25, -0.2) is 0 Å². The summed E-state index contributed by atoms with van der Waals surface area (Å²) in [5.74, 6) is -0.378. The van der Waals surface area contributed by atoms with Crippen LogP contribution in [0.25, 0.3) is 0 Å². The molecule has 0 aromatic heterocycles. The van der Waals surface area contributed by atoms with Crippen molar-refractivity contribution in [1.29, 1.82) is 0 Å². The van der Waals surface area contributed by atoms with Gasteiger partial charge in [0.15, 0.2) is 0 Å². The van der Waals surface area contributed by atoms with Crippen molar-refractivity contribution in [2.45, 2.75) is 38.6 Å². The summed E-state index contributed by atoms with van der Waals surface area (Å²) >= 11 is 0. The second kappa shape index (κ2) is 6.75. The van der Waals surface area contributed by atoms with E-state index >= 15 is 0 Å². The Morgan fingerprint density at radius 2 is 1.95 bits per heavy atom. The number of nitrogens with one attached hydrogen (secondary N) is 1. The number of aliphatic carboxylic acids is 1. The first-order valence-corrected chi connectivity index (χ1v) is 7.33. The zero-order valence-corrected chi connectivity index (χ0v) is 11.9.